The second kappa shape index (κ2) is 17.2. The molecule has 0 saturated heterocycles. The van der Waals surface area contributed by atoms with Crippen LogP contribution in [-0.4, -0.2) is 0 Å². The summed E-state index contributed by atoms with van der Waals surface area (Å²) in [6.07, 6.45) is 0. The predicted octanol–water partition coefficient (Wildman–Crippen LogP) is 20.3. The summed E-state index contributed by atoms with van der Waals surface area (Å²) in [4.78, 5) is 0. The molecule has 14 aromatic rings. The summed E-state index contributed by atoms with van der Waals surface area (Å²) < 4.78 is 0. The molecule has 14 rings (SSSR count). The number of benzene rings is 14. The van der Waals surface area contributed by atoms with Crippen LogP contribution in [0.5, 0.6) is 0 Å². The third kappa shape index (κ3) is 6.76. The van der Waals surface area contributed by atoms with Crippen molar-refractivity contribution in [2.24, 2.45) is 0 Å². The van der Waals surface area contributed by atoms with E-state index >= 15 is 0 Å². The Morgan fingerprint density at radius 1 is 0.139 bits per heavy atom. The van der Waals surface area contributed by atoms with Crippen LogP contribution in [0.25, 0.3) is 143 Å². The van der Waals surface area contributed by atoms with E-state index in [2.05, 4.69) is 279 Å². The van der Waals surface area contributed by atoms with Crippen molar-refractivity contribution in [3.8, 4) is 77.9 Å². The van der Waals surface area contributed by atoms with Gasteiger partial charge in [-0.2, -0.15) is 0 Å². The minimum Gasteiger partial charge on any atom is -0.0622 e. The highest BCUT2D eigenvalue weighted by Crippen LogP contribution is 2.51. The predicted molar refractivity (Wildman–Crippen MR) is 310 cm³/mol. The van der Waals surface area contributed by atoms with Crippen molar-refractivity contribution in [3.05, 3.63) is 279 Å². The zero-order valence-corrected chi connectivity index (χ0v) is 39.6. The van der Waals surface area contributed by atoms with Crippen LogP contribution in [-0.2, 0) is 0 Å². The fourth-order valence-corrected chi connectivity index (χ4v) is 12.0. The minimum atomic E-state index is 1.20. The van der Waals surface area contributed by atoms with Gasteiger partial charge in [0.1, 0.15) is 0 Å². The van der Waals surface area contributed by atoms with Gasteiger partial charge in [-0.3, -0.25) is 0 Å². The Kier molecular flexibility index (Phi) is 9.96. The van der Waals surface area contributed by atoms with Crippen LogP contribution >= 0.6 is 0 Å². The first-order valence-corrected chi connectivity index (χ1v) is 25.0. The zero-order valence-electron chi connectivity index (χ0n) is 39.6. The fraction of sp³-hybridized carbons (Fsp3) is 0. The molecular formula is C72H46. The SMILES string of the molecule is c1ccc(-c2c(-c3cccc(-c4c5ccccc5c(-c5c6ccccc6c(-c6cccc(-c7ccc8ccccc8c7-c7ccccc7)c6)c6ccccc56)c5ccccc45)c3)ccc3ccccc23)cc1. The molecule has 0 aliphatic rings. The second-order valence-electron chi connectivity index (χ2n) is 19.0. The van der Waals surface area contributed by atoms with Gasteiger partial charge in [0.2, 0.25) is 0 Å². The van der Waals surface area contributed by atoms with Crippen LogP contribution in [0, 0.1) is 0 Å². The van der Waals surface area contributed by atoms with Crippen LogP contribution in [0.2, 0.25) is 0 Å². The maximum absolute atomic E-state index is 2.42. The van der Waals surface area contributed by atoms with Crippen LogP contribution in [0.15, 0.2) is 279 Å². The van der Waals surface area contributed by atoms with Gasteiger partial charge < -0.3 is 0 Å². The molecule has 0 atom stereocenters. The van der Waals surface area contributed by atoms with E-state index in [1.54, 1.807) is 0 Å². The van der Waals surface area contributed by atoms with Gasteiger partial charge in [-0.15, -0.1) is 0 Å². The van der Waals surface area contributed by atoms with Crippen molar-refractivity contribution in [1.82, 2.24) is 0 Å². The van der Waals surface area contributed by atoms with Gasteiger partial charge >= 0.3 is 0 Å². The topological polar surface area (TPSA) is 0 Å². The maximum Gasteiger partial charge on any atom is -0.00139 e. The lowest BCUT2D eigenvalue weighted by Crippen LogP contribution is -1.95. The average Bonchev–Trinajstić information content (AvgIpc) is 3.46. The normalized spacial score (nSPS) is 11.6. The first kappa shape index (κ1) is 41.6. The number of rotatable bonds is 7. The highest BCUT2D eigenvalue weighted by atomic mass is 14.3. The summed E-state index contributed by atoms with van der Waals surface area (Å²) in [5.74, 6) is 0. The van der Waals surface area contributed by atoms with Crippen molar-refractivity contribution < 1.29 is 0 Å². The molecule has 334 valence electrons. The van der Waals surface area contributed by atoms with E-state index in [0.717, 1.165) is 0 Å². The fourth-order valence-electron chi connectivity index (χ4n) is 12.0. The highest BCUT2D eigenvalue weighted by molar-refractivity contribution is 6.30. The molecule has 0 unspecified atom stereocenters. The van der Waals surface area contributed by atoms with E-state index in [4.69, 9.17) is 0 Å². The molecule has 0 radical (unpaired) electrons. The second-order valence-corrected chi connectivity index (χ2v) is 19.0. The summed E-state index contributed by atoms with van der Waals surface area (Å²) in [6, 6.07) is 103. The van der Waals surface area contributed by atoms with Crippen molar-refractivity contribution in [3.63, 3.8) is 0 Å². The van der Waals surface area contributed by atoms with E-state index in [1.807, 2.05) is 0 Å². The minimum absolute atomic E-state index is 1.20. The van der Waals surface area contributed by atoms with Crippen molar-refractivity contribution >= 4 is 64.6 Å². The van der Waals surface area contributed by atoms with Crippen LogP contribution < -0.4 is 0 Å². The Labute approximate surface area is 419 Å². The van der Waals surface area contributed by atoms with E-state index in [1.165, 1.54) is 143 Å². The highest BCUT2D eigenvalue weighted by Gasteiger charge is 2.23. The molecule has 0 spiro atoms. The first-order valence-electron chi connectivity index (χ1n) is 25.0. The van der Waals surface area contributed by atoms with Crippen molar-refractivity contribution in [2.75, 3.05) is 0 Å². The molecule has 0 aliphatic carbocycles. The Hall–Kier alpha value is -9.36. The largest absolute Gasteiger partial charge is 0.0622 e. The van der Waals surface area contributed by atoms with Crippen molar-refractivity contribution in [1.29, 1.82) is 0 Å². The van der Waals surface area contributed by atoms with Gasteiger partial charge in [0.15, 0.2) is 0 Å². The lowest BCUT2D eigenvalue weighted by Gasteiger charge is -2.22. The van der Waals surface area contributed by atoms with E-state index in [9.17, 15) is 0 Å². The Morgan fingerprint density at radius 3 is 0.750 bits per heavy atom. The molecule has 0 N–H and O–H groups in total. The van der Waals surface area contributed by atoms with Crippen molar-refractivity contribution in [2.45, 2.75) is 0 Å². The van der Waals surface area contributed by atoms with Gasteiger partial charge in [-0.25, -0.2) is 0 Å². The standard InChI is InChI=1S/C72H46/c1-3-23-49(24-4-1)67-55-31-9-7-21-47(55)41-43-57(67)51-27-19-29-53(45-51)69-59-33-11-15-37-63(59)71(64-38-16-12-34-60(64)69)72-65-39-17-13-35-61(65)70(62-36-14-18-40-66(62)72)54-30-20-28-52(46-54)58-44-42-48-22-8-10-32-56(48)68(58)50-25-5-2-6-26-50/h1-46H. The summed E-state index contributed by atoms with van der Waals surface area (Å²) in [6.45, 7) is 0. The molecule has 0 heteroatoms. The zero-order chi connectivity index (χ0) is 47.5. The van der Waals surface area contributed by atoms with Gasteiger partial charge in [-0.1, -0.05) is 267 Å². The molecule has 0 nitrogen and oxygen atoms in total. The maximum atomic E-state index is 2.42. The quantitative estimate of drug-likeness (QED) is 0.140. The lowest BCUT2D eigenvalue weighted by atomic mass is 9.80. The molecule has 14 aromatic carbocycles. The molecule has 0 saturated carbocycles. The van der Waals surface area contributed by atoms with Gasteiger partial charge in [0.25, 0.3) is 0 Å². The molecule has 72 heavy (non-hydrogen) atoms. The van der Waals surface area contributed by atoms with Crippen LogP contribution in [0.3, 0.4) is 0 Å². The third-order valence-electron chi connectivity index (χ3n) is 15.0. The Balaban J connectivity index is 0.991. The Bertz CT molecular complexity index is 4030. The molecule has 0 aliphatic heterocycles. The molecule has 0 aromatic heterocycles. The number of hydrogen-bond acceptors (Lipinski definition) is 0. The van der Waals surface area contributed by atoms with Gasteiger partial charge in [-0.05, 0) is 155 Å². The molecular weight excluding hydrogens is 865 g/mol. The van der Waals surface area contributed by atoms with Gasteiger partial charge in [0.05, 0.1) is 0 Å². The molecule has 0 bridgehead atoms. The summed E-state index contributed by atoms with van der Waals surface area (Å²) in [7, 11) is 0. The molecule has 0 amide bonds. The smallest absolute Gasteiger partial charge is 0.00139 e. The molecule has 0 fully saturated rings. The summed E-state index contributed by atoms with van der Waals surface area (Å²) in [5, 5.41) is 14.9. The third-order valence-corrected chi connectivity index (χ3v) is 15.0. The van der Waals surface area contributed by atoms with Gasteiger partial charge in [0, 0.05) is 0 Å². The molecule has 0 heterocycles. The van der Waals surface area contributed by atoms with E-state index < -0.39 is 0 Å². The first-order chi connectivity index (χ1) is 35.8. The van der Waals surface area contributed by atoms with E-state index in [0.29, 0.717) is 0 Å². The lowest BCUT2D eigenvalue weighted by molar-refractivity contribution is 1.60. The Morgan fingerprint density at radius 2 is 0.403 bits per heavy atom. The summed E-state index contributed by atoms with van der Waals surface area (Å²) >= 11 is 0. The van der Waals surface area contributed by atoms with E-state index in [-0.39, 0.29) is 0 Å². The number of hydrogen-bond donors (Lipinski definition) is 0. The number of fused-ring (bicyclic) bond motifs is 6. The summed E-state index contributed by atoms with van der Waals surface area (Å²) in [5.41, 5.74) is 17.2. The average molecular weight is 911 g/mol. The monoisotopic (exact) mass is 910 g/mol. The van der Waals surface area contributed by atoms with Crippen LogP contribution in [0.4, 0.5) is 0 Å². The van der Waals surface area contributed by atoms with Crippen LogP contribution in [0.1, 0.15) is 0 Å².